The lowest BCUT2D eigenvalue weighted by Crippen LogP contribution is -2.55. The first-order chi connectivity index (χ1) is 14.6. The van der Waals surface area contributed by atoms with Crippen molar-refractivity contribution in [2.75, 3.05) is 0 Å². The van der Waals surface area contributed by atoms with Gasteiger partial charge in [-0.1, -0.05) is 65.7 Å². The van der Waals surface area contributed by atoms with E-state index < -0.39 is 0 Å². The van der Waals surface area contributed by atoms with Crippen molar-refractivity contribution in [2.24, 2.45) is 23.7 Å². The van der Waals surface area contributed by atoms with Crippen LogP contribution in [0.1, 0.15) is 43.2 Å². The fraction of sp³-hybridized carbons (Fsp3) is 0.357. The molecule has 0 radical (unpaired) electrons. The number of hydrogen-bond donors (Lipinski definition) is 0. The molecular weight excluding hydrogens is 407 g/mol. The maximum absolute atomic E-state index is 6.41. The van der Waals surface area contributed by atoms with Crippen LogP contribution in [0.25, 0.3) is 22.3 Å². The van der Waals surface area contributed by atoms with Crippen LogP contribution in [-0.2, 0) is 5.41 Å². The van der Waals surface area contributed by atoms with Gasteiger partial charge >= 0.3 is 0 Å². The van der Waals surface area contributed by atoms with Crippen molar-refractivity contribution in [1.82, 2.24) is 0 Å². The molecule has 1 spiro atoms. The van der Waals surface area contributed by atoms with Crippen LogP contribution in [0.3, 0.4) is 0 Å². The third-order valence-corrected chi connectivity index (χ3v) is 9.19. The highest BCUT2D eigenvalue weighted by Gasteiger charge is 2.61. The van der Waals surface area contributed by atoms with Gasteiger partial charge in [0.25, 0.3) is 0 Å². The van der Waals surface area contributed by atoms with Gasteiger partial charge in [0.15, 0.2) is 0 Å². The lowest BCUT2D eigenvalue weighted by Gasteiger charge is -2.61. The van der Waals surface area contributed by atoms with Crippen molar-refractivity contribution in [3.05, 3.63) is 81.8 Å². The van der Waals surface area contributed by atoms with E-state index >= 15 is 0 Å². The number of fused-ring (bicyclic) bond motifs is 3. The fourth-order valence-electron chi connectivity index (χ4n) is 8.15. The standard InChI is InChI=1S/C28H24Cl2/c29-21-13-18(14-22(30)15-21)23-5-3-7-26-27(23)24-4-1-2-6-25(24)28(26)19-9-16-8-17(11-19)12-20(28)10-16/h1-7,13-17,19-20H,8-12H2. The smallest absolute Gasteiger partial charge is 0.0426 e. The average molecular weight is 431 g/mol. The minimum Gasteiger partial charge on any atom is -0.0843 e. The molecule has 0 heterocycles. The highest BCUT2D eigenvalue weighted by molar-refractivity contribution is 6.35. The Morgan fingerprint density at radius 3 is 1.93 bits per heavy atom. The van der Waals surface area contributed by atoms with E-state index in [0.717, 1.165) is 29.2 Å². The van der Waals surface area contributed by atoms with Crippen molar-refractivity contribution in [3.63, 3.8) is 0 Å². The van der Waals surface area contributed by atoms with Crippen LogP contribution in [0.5, 0.6) is 0 Å². The summed E-state index contributed by atoms with van der Waals surface area (Å²) < 4.78 is 0. The second-order valence-corrected chi connectivity index (χ2v) is 11.0. The van der Waals surface area contributed by atoms with Crippen LogP contribution in [0.15, 0.2) is 60.7 Å². The molecule has 0 amide bonds. The van der Waals surface area contributed by atoms with Gasteiger partial charge in [-0.15, -0.1) is 0 Å². The van der Waals surface area contributed by atoms with Gasteiger partial charge in [-0.2, -0.15) is 0 Å². The first-order valence-corrected chi connectivity index (χ1v) is 12.1. The lowest BCUT2D eigenvalue weighted by molar-refractivity contribution is -0.0399. The molecule has 4 bridgehead atoms. The van der Waals surface area contributed by atoms with Gasteiger partial charge < -0.3 is 0 Å². The molecule has 30 heavy (non-hydrogen) atoms. The van der Waals surface area contributed by atoms with Crippen LogP contribution in [0.4, 0.5) is 0 Å². The highest BCUT2D eigenvalue weighted by atomic mass is 35.5. The van der Waals surface area contributed by atoms with E-state index in [0.29, 0.717) is 10.0 Å². The molecule has 0 N–H and O–H groups in total. The third kappa shape index (κ3) is 2.20. The molecule has 0 atom stereocenters. The van der Waals surface area contributed by atoms with E-state index in [1.54, 1.807) is 11.1 Å². The predicted octanol–water partition coefficient (Wildman–Crippen LogP) is 8.38. The maximum atomic E-state index is 6.41. The minimum atomic E-state index is 0.206. The van der Waals surface area contributed by atoms with Gasteiger partial charge in [-0.25, -0.2) is 0 Å². The molecule has 4 saturated carbocycles. The van der Waals surface area contributed by atoms with Crippen LogP contribution >= 0.6 is 23.2 Å². The van der Waals surface area contributed by atoms with Gasteiger partial charge in [0, 0.05) is 15.5 Å². The van der Waals surface area contributed by atoms with E-state index in [1.165, 1.54) is 48.8 Å². The Morgan fingerprint density at radius 2 is 1.23 bits per heavy atom. The summed E-state index contributed by atoms with van der Waals surface area (Å²) in [6, 6.07) is 22.2. The normalized spacial score (nSPS) is 32.5. The van der Waals surface area contributed by atoms with Crippen molar-refractivity contribution < 1.29 is 0 Å². The summed E-state index contributed by atoms with van der Waals surface area (Å²) in [5, 5.41) is 1.40. The van der Waals surface area contributed by atoms with Gasteiger partial charge in [0.05, 0.1) is 0 Å². The van der Waals surface area contributed by atoms with Crippen molar-refractivity contribution in [2.45, 2.75) is 37.5 Å². The molecule has 0 aliphatic heterocycles. The lowest BCUT2D eigenvalue weighted by atomic mass is 9.43. The first kappa shape index (κ1) is 17.9. The van der Waals surface area contributed by atoms with Gasteiger partial charge in [-0.3, -0.25) is 0 Å². The van der Waals surface area contributed by atoms with Gasteiger partial charge in [-0.05, 0) is 107 Å². The largest absolute Gasteiger partial charge is 0.0843 e. The molecule has 8 rings (SSSR count). The first-order valence-electron chi connectivity index (χ1n) is 11.3. The van der Waals surface area contributed by atoms with Crippen LogP contribution in [-0.4, -0.2) is 0 Å². The quantitative estimate of drug-likeness (QED) is 0.363. The number of halogens is 2. The van der Waals surface area contributed by atoms with Crippen LogP contribution in [0.2, 0.25) is 10.0 Å². The molecule has 3 aromatic rings. The summed E-state index contributed by atoms with van der Waals surface area (Å²) in [7, 11) is 0. The molecular formula is C28H24Cl2. The third-order valence-electron chi connectivity index (χ3n) is 8.75. The molecule has 150 valence electrons. The molecule has 4 fully saturated rings. The van der Waals surface area contributed by atoms with Gasteiger partial charge in [0.1, 0.15) is 0 Å². The Bertz CT molecular complexity index is 1140. The second-order valence-electron chi connectivity index (χ2n) is 10.1. The molecule has 5 aliphatic rings. The summed E-state index contributed by atoms with van der Waals surface area (Å²) in [4.78, 5) is 0. The monoisotopic (exact) mass is 430 g/mol. The SMILES string of the molecule is Clc1cc(Cl)cc(-c2cccc3c2-c2ccccc2C32C3CC4CC(C3)CC2C4)c1. The van der Waals surface area contributed by atoms with E-state index in [-0.39, 0.29) is 5.41 Å². The molecule has 0 unspecified atom stereocenters. The molecule has 0 nitrogen and oxygen atoms in total. The summed E-state index contributed by atoms with van der Waals surface area (Å²) >= 11 is 12.8. The van der Waals surface area contributed by atoms with Gasteiger partial charge in [0.2, 0.25) is 0 Å². The summed E-state index contributed by atoms with van der Waals surface area (Å²) in [6.07, 6.45) is 7.13. The summed E-state index contributed by atoms with van der Waals surface area (Å²) in [5.74, 6) is 3.50. The fourth-order valence-corrected chi connectivity index (χ4v) is 8.68. The number of hydrogen-bond acceptors (Lipinski definition) is 0. The Kier molecular flexibility index (Phi) is 3.66. The zero-order chi connectivity index (χ0) is 20.0. The van der Waals surface area contributed by atoms with E-state index in [1.807, 2.05) is 6.07 Å². The Labute approximate surface area is 188 Å². The molecule has 0 aromatic heterocycles. The van der Waals surface area contributed by atoms with E-state index in [2.05, 4.69) is 54.6 Å². The topological polar surface area (TPSA) is 0 Å². The van der Waals surface area contributed by atoms with Crippen molar-refractivity contribution >= 4 is 23.2 Å². The Hall–Kier alpha value is -1.76. The summed E-state index contributed by atoms with van der Waals surface area (Å²) in [6.45, 7) is 0. The zero-order valence-electron chi connectivity index (χ0n) is 16.9. The number of benzene rings is 3. The Morgan fingerprint density at radius 1 is 0.633 bits per heavy atom. The highest BCUT2D eigenvalue weighted by Crippen LogP contribution is 2.69. The molecule has 0 saturated heterocycles. The van der Waals surface area contributed by atoms with E-state index in [9.17, 15) is 0 Å². The minimum absolute atomic E-state index is 0.206. The molecule has 5 aliphatic carbocycles. The van der Waals surface area contributed by atoms with E-state index in [4.69, 9.17) is 23.2 Å². The zero-order valence-corrected chi connectivity index (χ0v) is 18.4. The molecule has 2 heteroatoms. The Balaban J connectivity index is 1.54. The second kappa shape index (κ2) is 6.15. The predicted molar refractivity (Wildman–Crippen MR) is 125 cm³/mol. The van der Waals surface area contributed by atoms with Crippen LogP contribution < -0.4 is 0 Å². The van der Waals surface area contributed by atoms with Crippen LogP contribution in [0, 0.1) is 23.7 Å². The van der Waals surface area contributed by atoms with Crippen molar-refractivity contribution in [1.29, 1.82) is 0 Å². The maximum Gasteiger partial charge on any atom is 0.0426 e. The average Bonchev–Trinajstić information content (AvgIpc) is 3.02. The number of rotatable bonds is 1. The van der Waals surface area contributed by atoms with Crippen molar-refractivity contribution in [3.8, 4) is 22.3 Å². The summed E-state index contributed by atoms with van der Waals surface area (Å²) in [5.41, 5.74) is 8.64. The molecule has 3 aromatic carbocycles.